The minimum absolute atomic E-state index is 0.611. The van der Waals surface area contributed by atoms with Gasteiger partial charge in [-0.2, -0.15) is 10.1 Å². The van der Waals surface area contributed by atoms with Crippen LogP contribution in [0.4, 0.5) is 0 Å². The molecule has 34 heavy (non-hydrogen) atoms. The number of methoxy groups -OCH3 is 1. The molecular formula is C27H25N5O2. The predicted octanol–water partition coefficient (Wildman–Crippen LogP) is 4.93. The molecule has 0 bridgehead atoms. The monoisotopic (exact) mass is 451 g/mol. The van der Waals surface area contributed by atoms with Gasteiger partial charge in [-0.15, -0.1) is 0 Å². The number of para-hydroxylation sites is 1. The van der Waals surface area contributed by atoms with E-state index in [0.29, 0.717) is 31.2 Å². The molecule has 0 saturated carbocycles. The molecule has 2 aromatic heterocycles. The van der Waals surface area contributed by atoms with Gasteiger partial charge in [0, 0.05) is 42.4 Å². The summed E-state index contributed by atoms with van der Waals surface area (Å²) in [6, 6.07) is 27.9. The van der Waals surface area contributed by atoms with E-state index in [1.165, 1.54) is 0 Å². The van der Waals surface area contributed by atoms with Crippen LogP contribution >= 0.6 is 0 Å². The minimum Gasteiger partial charge on any atom is -0.497 e. The van der Waals surface area contributed by atoms with Crippen molar-refractivity contribution in [3.63, 3.8) is 0 Å². The molecule has 170 valence electrons. The molecule has 7 heteroatoms. The lowest BCUT2D eigenvalue weighted by molar-refractivity contribution is 0.376. The van der Waals surface area contributed by atoms with Gasteiger partial charge >= 0.3 is 0 Å². The highest BCUT2D eigenvalue weighted by Gasteiger charge is 2.14. The molecule has 0 aliphatic carbocycles. The van der Waals surface area contributed by atoms with E-state index in [4.69, 9.17) is 14.4 Å². The minimum atomic E-state index is 0.611. The number of hydrogen-bond donors (Lipinski definition) is 1. The van der Waals surface area contributed by atoms with Crippen molar-refractivity contribution in [2.75, 3.05) is 13.7 Å². The van der Waals surface area contributed by atoms with E-state index in [1.54, 1.807) is 7.11 Å². The van der Waals surface area contributed by atoms with Gasteiger partial charge in [0.15, 0.2) is 0 Å². The van der Waals surface area contributed by atoms with E-state index in [2.05, 4.69) is 21.7 Å². The van der Waals surface area contributed by atoms with Crippen molar-refractivity contribution >= 4 is 0 Å². The zero-order valence-electron chi connectivity index (χ0n) is 18.9. The van der Waals surface area contributed by atoms with Crippen molar-refractivity contribution in [1.82, 2.24) is 25.2 Å². The van der Waals surface area contributed by atoms with Crippen LogP contribution < -0.4 is 10.1 Å². The lowest BCUT2D eigenvalue weighted by atomic mass is 10.1. The van der Waals surface area contributed by atoms with Crippen LogP contribution in [0.1, 0.15) is 11.5 Å². The van der Waals surface area contributed by atoms with Crippen molar-refractivity contribution < 1.29 is 9.26 Å². The fourth-order valence-electron chi connectivity index (χ4n) is 3.74. The first kappa shape index (κ1) is 21.6. The fraction of sp³-hybridized carbons (Fsp3) is 0.148. The van der Waals surface area contributed by atoms with Gasteiger partial charge < -0.3 is 14.6 Å². The van der Waals surface area contributed by atoms with Crippen molar-refractivity contribution in [2.45, 2.75) is 13.0 Å². The Morgan fingerprint density at radius 1 is 0.912 bits per heavy atom. The summed E-state index contributed by atoms with van der Waals surface area (Å²) in [5, 5.41) is 12.5. The molecule has 5 rings (SSSR count). The van der Waals surface area contributed by atoms with E-state index in [0.717, 1.165) is 33.8 Å². The van der Waals surface area contributed by atoms with Gasteiger partial charge in [-0.05, 0) is 24.3 Å². The molecule has 0 fully saturated rings. The lowest BCUT2D eigenvalue weighted by Gasteiger charge is -2.06. The topological polar surface area (TPSA) is 78.0 Å². The second-order valence-electron chi connectivity index (χ2n) is 7.82. The number of hydrogen-bond acceptors (Lipinski definition) is 6. The normalized spacial score (nSPS) is 11.0. The molecule has 0 aliphatic heterocycles. The molecule has 0 aliphatic rings. The molecule has 0 radical (unpaired) electrons. The molecule has 7 nitrogen and oxygen atoms in total. The Morgan fingerprint density at radius 2 is 1.68 bits per heavy atom. The average molecular weight is 452 g/mol. The van der Waals surface area contributed by atoms with E-state index >= 15 is 0 Å². The quantitative estimate of drug-likeness (QED) is 0.320. The zero-order chi connectivity index (χ0) is 23.2. The zero-order valence-corrected chi connectivity index (χ0v) is 18.9. The first-order valence-electron chi connectivity index (χ1n) is 11.2. The predicted molar refractivity (Wildman–Crippen MR) is 131 cm³/mol. The fourth-order valence-corrected chi connectivity index (χ4v) is 3.74. The molecule has 0 amide bonds. The van der Waals surface area contributed by atoms with Crippen molar-refractivity contribution in [3.8, 4) is 34.1 Å². The third-order valence-corrected chi connectivity index (χ3v) is 5.49. The summed E-state index contributed by atoms with van der Waals surface area (Å²) in [5.74, 6) is 2.02. The summed E-state index contributed by atoms with van der Waals surface area (Å²) in [4.78, 5) is 4.50. The second kappa shape index (κ2) is 10.1. The highest BCUT2D eigenvalue weighted by molar-refractivity contribution is 5.65. The first-order chi connectivity index (χ1) is 16.8. The molecule has 0 atom stereocenters. The molecule has 1 N–H and O–H groups in total. The largest absolute Gasteiger partial charge is 0.497 e. The van der Waals surface area contributed by atoms with Crippen LogP contribution in [0.5, 0.6) is 5.75 Å². The molecule has 5 aromatic rings. The van der Waals surface area contributed by atoms with Gasteiger partial charge in [-0.3, -0.25) is 0 Å². The van der Waals surface area contributed by atoms with E-state index < -0.39 is 0 Å². The Kier molecular flexibility index (Phi) is 6.45. The van der Waals surface area contributed by atoms with Crippen molar-refractivity contribution in [3.05, 3.63) is 103 Å². The van der Waals surface area contributed by atoms with E-state index in [-0.39, 0.29) is 0 Å². The highest BCUT2D eigenvalue weighted by Crippen LogP contribution is 2.27. The molecule has 2 heterocycles. The summed E-state index contributed by atoms with van der Waals surface area (Å²) in [7, 11) is 1.67. The van der Waals surface area contributed by atoms with Gasteiger partial charge in [-0.25, -0.2) is 4.68 Å². The Morgan fingerprint density at radius 3 is 2.47 bits per heavy atom. The lowest BCUT2D eigenvalue weighted by Crippen LogP contribution is -2.17. The van der Waals surface area contributed by atoms with Gasteiger partial charge in [0.05, 0.1) is 18.5 Å². The van der Waals surface area contributed by atoms with Crippen LogP contribution in [0, 0.1) is 0 Å². The summed E-state index contributed by atoms with van der Waals surface area (Å²) >= 11 is 0. The van der Waals surface area contributed by atoms with Gasteiger partial charge in [-0.1, -0.05) is 65.8 Å². The molecule has 0 unspecified atom stereocenters. The van der Waals surface area contributed by atoms with Crippen LogP contribution in [-0.2, 0) is 13.0 Å². The van der Waals surface area contributed by atoms with Crippen molar-refractivity contribution in [2.24, 2.45) is 0 Å². The Balaban J connectivity index is 1.30. The van der Waals surface area contributed by atoms with Crippen LogP contribution in [0.2, 0.25) is 0 Å². The Bertz CT molecular complexity index is 1350. The number of aromatic nitrogens is 4. The molecule has 3 aromatic carbocycles. The molecule has 0 spiro atoms. The molecular weight excluding hydrogens is 426 g/mol. The first-order valence-corrected chi connectivity index (χ1v) is 11.2. The second-order valence-corrected chi connectivity index (χ2v) is 7.82. The third-order valence-electron chi connectivity index (χ3n) is 5.49. The number of benzene rings is 3. The Hall–Kier alpha value is -4.23. The number of nitrogens with zero attached hydrogens (tertiary/aromatic N) is 4. The SMILES string of the molecule is COc1cccc(-c2nn(-c3ccccc3)cc2CNCCc2nc(-c3ccccc3)no2)c1. The highest BCUT2D eigenvalue weighted by atomic mass is 16.5. The average Bonchev–Trinajstić information content (AvgIpc) is 3.55. The number of nitrogens with one attached hydrogen (secondary N) is 1. The smallest absolute Gasteiger partial charge is 0.228 e. The van der Waals surface area contributed by atoms with Crippen molar-refractivity contribution in [1.29, 1.82) is 0 Å². The summed E-state index contributed by atoms with van der Waals surface area (Å²) < 4.78 is 12.7. The maximum absolute atomic E-state index is 5.42. The summed E-state index contributed by atoms with van der Waals surface area (Å²) in [5.41, 5.74) is 4.97. The number of rotatable bonds is 9. The number of ether oxygens (including phenoxy) is 1. The summed E-state index contributed by atoms with van der Waals surface area (Å²) in [6.45, 7) is 1.35. The van der Waals surface area contributed by atoms with E-state index in [1.807, 2.05) is 89.6 Å². The Labute approximate surface area is 198 Å². The van der Waals surface area contributed by atoms with Crippen LogP contribution in [0.25, 0.3) is 28.3 Å². The van der Waals surface area contributed by atoms with Crippen LogP contribution in [0.3, 0.4) is 0 Å². The van der Waals surface area contributed by atoms with Gasteiger partial charge in [0.1, 0.15) is 5.75 Å². The van der Waals surface area contributed by atoms with Gasteiger partial charge in [0.25, 0.3) is 0 Å². The summed E-state index contributed by atoms with van der Waals surface area (Å²) in [6.07, 6.45) is 2.71. The maximum atomic E-state index is 5.42. The third kappa shape index (κ3) is 4.89. The van der Waals surface area contributed by atoms with Crippen LogP contribution in [0.15, 0.2) is 95.6 Å². The van der Waals surface area contributed by atoms with Crippen LogP contribution in [-0.4, -0.2) is 33.6 Å². The van der Waals surface area contributed by atoms with Gasteiger partial charge in [0.2, 0.25) is 11.7 Å². The maximum Gasteiger partial charge on any atom is 0.228 e. The molecule has 0 saturated heterocycles. The van der Waals surface area contributed by atoms with E-state index in [9.17, 15) is 0 Å². The standard InChI is InChI=1S/C27H25N5O2/c1-33-24-14-8-11-21(17-24)26-22(19-32(30-26)23-12-6-3-7-13-23)18-28-16-15-25-29-27(31-34-25)20-9-4-2-5-10-20/h2-14,17,19,28H,15-16,18H2,1H3.